The van der Waals surface area contributed by atoms with E-state index in [4.69, 9.17) is 9.84 Å². The Kier molecular flexibility index (Phi) is 11.0. The molecule has 0 radical (unpaired) electrons. The van der Waals surface area contributed by atoms with Crippen molar-refractivity contribution in [2.75, 3.05) is 11.9 Å². The summed E-state index contributed by atoms with van der Waals surface area (Å²) in [6.45, 7) is 0.751. The van der Waals surface area contributed by atoms with E-state index in [0.717, 1.165) is 11.1 Å². The van der Waals surface area contributed by atoms with Crippen molar-refractivity contribution < 1.29 is 42.5 Å². The summed E-state index contributed by atoms with van der Waals surface area (Å²) in [6.07, 6.45) is -2.10. The maximum absolute atomic E-state index is 12.4. The average molecular weight is 571 g/mol. The lowest BCUT2D eigenvalue weighted by Crippen LogP contribution is -2.41. The highest BCUT2D eigenvalue weighted by molar-refractivity contribution is 5.94. The van der Waals surface area contributed by atoms with Gasteiger partial charge in [0, 0.05) is 25.2 Å². The Hall–Kier alpha value is -4.64. The summed E-state index contributed by atoms with van der Waals surface area (Å²) in [5.41, 5.74) is 2.38. The molecular formula is C30H29F3N2O6. The number of aliphatic carboxylic acids is 2. The summed E-state index contributed by atoms with van der Waals surface area (Å²) in [6, 6.07) is 21.4. The van der Waals surface area contributed by atoms with Crippen LogP contribution in [0.3, 0.4) is 0 Å². The highest BCUT2D eigenvalue weighted by Gasteiger charge is 2.38. The first kappa shape index (κ1) is 30.9. The van der Waals surface area contributed by atoms with Crippen LogP contribution in [0, 0.1) is 0 Å². The number of anilines is 1. The van der Waals surface area contributed by atoms with Crippen molar-refractivity contribution in [1.29, 1.82) is 0 Å². The number of nitrogens with one attached hydrogen (secondary N) is 1. The van der Waals surface area contributed by atoms with Gasteiger partial charge >= 0.3 is 24.0 Å². The van der Waals surface area contributed by atoms with Gasteiger partial charge in [0.05, 0.1) is 0 Å². The van der Waals surface area contributed by atoms with Gasteiger partial charge in [-0.15, -0.1) is 0 Å². The lowest BCUT2D eigenvalue weighted by molar-refractivity contribution is -0.167. The van der Waals surface area contributed by atoms with Crippen LogP contribution in [-0.2, 0) is 27.5 Å². The maximum atomic E-state index is 12.4. The van der Waals surface area contributed by atoms with E-state index in [2.05, 4.69) is 0 Å². The summed E-state index contributed by atoms with van der Waals surface area (Å²) < 4.78 is 43.1. The lowest BCUT2D eigenvalue weighted by atomic mass is 10.1. The number of alkyl halides is 3. The topological polar surface area (TPSA) is 116 Å². The number of benzene rings is 3. The van der Waals surface area contributed by atoms with Crippen LogP contribution in [-0.4, -0.2) is 51.7 Å². The Bertz CT molecular complexity index is 1330. The van der Waals surface area contributed by atoms with Gasteiger partial charge < -0.3 is 20.3 Å². The van der Waals surface area contributed by atoms with Crippen molar-refractivity contribution in [1.82, 2.24) is 4.90 Å². The standard InChI is InChI=1S/C30H29F3N2O6/c31-30(32,33)29(40)34-24-12-8-21(9-13-24)7-4-18-35(26(28(38)39)16-17-27(36)37)19-22-10-14-25(15-11-22)41-20-23-5-2-1-3-6-23/h1-15,26H,16-20H2,(H,34,40)(H,36,37)(H,38,39)/b7-4+/t26-/m0/s1. The molecular weight excluding hydrogens is 541 g/mol. The van der Waals surface area contributed by atoms with E-state index in [0.29, 0.717) is 17.9 Å². The number of ether oxygens (including phenoxy) is 1. The number of carbonyl (C=O) groups excluding carboxylic acids is 1. The number of hydrogen-bond donors (Lipinski definition) is 3. The molecule has 41 heavy (non-hydrogen) atoms. The fourth-order valence-electron chi connectivity index (χ4n) is 3.89. The third-order valence-electron chi connectivity index (χ3n) is 5.99. The third-order valence-corrected chi connectivity index (χ3v) is 5.99. The van der Waals surface area contributed by atoms with E-state index in [1.807, 2.05) is 30.3 Å². The third kappa shape index (κ3) is 10.5. The molecule has 0 fully saturated rings. The van der Waals surface area contributed by atoms with Gasteiger partial charge in [0.15, 0.2) is 0 Å². The SMILES string of the molecule is O=C(O)CC[C@@H](C(=O)O)N(C/C=C/c1ccc(NC(=O)C(F)(F)F)cc1)Cc1ccc(OCc2ccccc2)cc1. The van der Waals surface area contributed by atoms with Crippen LogP contribution in [0.15, 0.2) is 84.9 Å². The van der Waals surface area contributed by atoms with E-state index in [9.17, 15) is 32.7 Å². The molecule has 0 saturated heterocycles. The maximum Gasteiger partial charge on any atom is 0.471 e. The van der Waals surface area contributed by atoms with Crippen LogP contribution in [0.1, 0.15) is 29.5 Å². The van der Waals surface area contributed by atoms with Crippen molar-refractivity contribution in [3.63, 3.8) is 0 Å². The zero-order valence-electron chi connectivity index (χ0n) is 21.9. The summed E-state index contributed by atoms with van der Waals surface area (Å²) in [5.74, 6) is -3.70. The minimum Gasteiger partial charge on any atom is -0.489 e. The quantitative estimate of drug-likeness (QED) is 0.231. The van der Waals surface area contributed by atoms with Crippen LogP contribution in [0.25, 0.3) is 6.08 Å². The molecule has 3 rings (SSSR count). The Labute approximate surface area is 234 Å². The van der Waals surface area contributed by atoms with E-state index < -0.39 is 30.1 Å². The molecule has 0 bridgehead atoms. The number of carboxylic acid groups (broad SMARTS) is 2. The van der Waals surface area contributed by atoms with Crippen molar-refractivity contribution in [3.05, 3.63) is 102 Å². The molecule has 8 nitrogen and oxygen atoms in total. The zero-order chi connectivity index (χ0) is 29.8. The Morgan fingerprint density at radius 3 is 2.15 bits per heavy atom. The van der Waals surface area contributed by atoms with Crippen molar-refractivity contribution in [2.24, 2.45) is 0 Å². The van der Waals surface area contributed by atoms with Crippen LogP contribution in [0.4, 0.5) is 18.9 Å². The van der Waals surface area contributed by atoms with Gasteiger partial charge in [0.2, 0.25) is 0 Å². The van der Waals surface area contributed by atoms with Gasteiger partial charge in [-0.1, -0.05) is 66.7 Å². The normalized spacial score (nSPS) is 12.3. The number of carboxylic acids is 2. The Morgan fingerprint density at radius 2 is 1.56 bits per heavy atom. The van der Waals surface area contributed by atoms with Gasteiger partial charge in [-0.25, -0.2) is 0 Å². The number of nitrogens with zero attached hydrogens (tertiary/aromatic N) is 1. The first-order valence-corrected chi connectivity index (χ1v) is 12.6. The van der Waals surface area contributed by atoms with Gasteiger partial charge in [-0.2, -0.15) is 13.2 Å². The first-order valence-electron chi connectivity index (χ1n) is 12.6. The van der Waals surface area contributed by atoms with Crippen molar-refractivity contribution in [3.8, 4) is 5.75 Å². The molecule has 3 N–H and O–H groups in total. The predicted molar refractivity (Wildman–Crippen MR) is 146 cm³/mol. The average Bonchev–Trinajstić information content (AvgIpc) is 2.93. The second kappa shape index (κ2) is 14.7. The molecule has 3 aromatic carbocycles. The molecule has 0 heterocycles. The van der Waals surface area contributed by atoms with Crippen LogP contribution in [0.5, 0.6) is 5.75 Å². The largest absolute Gasteiger partial charge is 0.489 e. The molecule has 3 aromatic rings. The zero-order valence-corrected chi connectivity index (χ0v) is 21.9. The number of amides is 1. The lowest BCUT2D eigenvalue weighted by Gasteiger charge is -2.27. The number of halogens is 3. The highest BCUT2D eigenvalue weighted by atomic mass is 19.4. The van der Waals surface area contributed by atoms with Gasteiger partial charge in [-0.3, -0.25) is 19.3 Å². The monoisotopic (exact) mass is 570 g/mol. The summed E-state index contributed by atoms with van der Waals surface area (Å²) in [5, 5.41) is 20.7. The second-order valence-electron chi connectivity index (χ2n) is 9.11. The Balaban J connectivity index is 1.68. The fraction of sp³-hybridized carbons (Fsp3) is 0.233. The van der Waals surface area contributed by atoms with Gasteiger partial charge in [-0.05, 0) is 47.4 Å². The molecule has 0 unspecified atom stereocenters. The van der Waals surface area contributed by atoms with Crippen LogP contribution < -0.4 is 10.1 Å². The number of hydrogen-bond acceptors (Lipinski definition) is 5. The molecule has 0 spiro atoms. The Morgan fingerprint density at radius 1 is 0.902 bits per heavy atom. The number of rotatable bonds is 14. The van der Waals surface area contributed by atoms with Crippen molar-refractivity contribution in [2.45, 2.75) is 38.2 Å². The van der Waals surface area contributed by atoms with E-state index >= 15 is 0 Å². The highest BCUT2D eigenvalue weighted by Crippen LogP contribution is 2.20. The van der Waals surface area contributed by atoms with E-state index in [-0.39, 0.29) is 31.6 Å². The van der Waals surface area contributed by atoms with Gasteiger partial charge in [0.25, 0.3) is 0 Å². The summed E-state index contributed by atoms with van der Waals surface area (Å²) in [4.78, 5) is 35.9. The fourth-order valence-corrected chi connectivity index (χ4v) is 3.89. The molecule has 1 atom stereocenters. The summed E-state index contributed by atoms with van der Waals surface area (Å²) >= 11 is 0. The molecule has 0 aromatic heterocycles. The molecule has 216 valence electrons. The minimum absolute atomic E-state index is 0.0260. The molecule has 0 aliphatic carbocycles. The van der Waals surface area contributed by atoms with E-state index in [1.54, 1.807) is 46.6 Å². The molecule has 0 aliphatic rings. The van der Waals surface area contributed by atoms with Crippen LogP contribution in [0.2, 0.25) is 0 Å². The molecule has 11 heteroatoms. The summed E-state index contributed by atoms with van der Waals surface area (Å²) in [7, 11) is 0. The number of carbonyl (C=O) groups is 3. The smallest absolute Gasteiger partial charge is 0.471 e. The molecule has 0 saturated carbocycles. The van der Waals surface area contributed by atoms with Crippen LogP contribution >= 0.6 is 0 Å². The predicted octanol–water partition coefficient (Wildman–Crippen LogP) is 5.60. The minimum atomic E-state index is -5.00. The molecule has 1 amide bonds. The first-order chi connectivity index (χ1) is 19.5. The van der Waals surface area contributed by atoms with Gasteiger partial charge in [0.1, 0.15) is 18.4 Å². The second-order valence-corrected chi connectivity index (χ2v) is 9.11. The van der Waals surface area contributed by atoms with Crippen molar-refractivity contribution >= 4 is 29.6 Å². The van der Waals surface area contributed by atoms with E-state index in [1.165, 1.54) is 24.3 Å². The molecule has 0 aliphatic heterocycles.